The second-order valence-electron chi connectivity index (χ2n) is 8.64. The molecule has 4 rings (SSSR count). The molecule has 0 amide bonds. The van der Waals surface area contributed by atoms with Crippen LogP contribution in [0.3, 0.4) is 0 Å². The van der Waals surface area contributed by atoms with Gasteiger partial charge in [-0.05, 0) is 53.1 Å². The number of carbonyl (C=O) groups excluding carboxylic acids is 1. The minimum Gasteiger partial charge on any atom is -0.504 e. The highest BCUT2D eigenvalue weighted by Gasteiger charge is 2.43. The maximum Gasteiger partial charge on any atom is 0.345 e. The van der Waals surface area contributed by atoms with Crippen molar-refractivity contribution in [1.82, 2.24) is 0 Å². The summed E-state index contributed by atoms with van der Waals surface area (Å²) in [4.78, 5) is 36.4. The van der Waals surface area contributed by atoms with Gasteiger partial charge in [-0.2, -0.15) is 0 Å². The SMILES string of the molecule is O=C(C=Cc1ccc(O)c2c1[C@H](C(=O)O)[C@@H](c1ccc(O)c(O)c1)O2)O[C@H](Cc1ccc(O)c(O)c1)C(=O)O. The predicted molar refractivity (Wildman–Crippen MR) is 132 cm³/mol. The van der Waals surface area contributed by atoms with Crippen molar-refractivity contribution in [3.63, 3.8) is 0 Å². The van der Waals surface area contributed by atoms with E-state index in [-0.39, 0.29) is 40.2 Å². The largest absolute Gasteiger partial charge is 0.504 e. The lowest BCUT2D eigenvalue weighted by Crippen LogP contribution is -2.28. The molecule has 0 unspecified atom stereocenters. The Balaban J connectivity index is 1.59. The Kier molecular flexibility index (Phi) is 7.20. The summed E-state index contributed by atoms with van der Waals surface area (Å²) in [5.74, 6) is -7.59. The third kappa shape index (κ3) is 5.49. The Labute approximate surface area is 219 Å². The van der Waals surface area contributed by atoms with Gasteiger partial charge in [-0.3, -0.25) is 4.79 Å². The van der Waals surface area contributed by atoms with E-state index in [1.165, 1.54) is 30.3 Å². The second kappa shape index (κ2) is 10.5. The van der Waals surface area contributed by atoms with Gasteiger partial charge in [0.15, 0.2) is 34.5 Å². The Bertz CT molecular complexity index is 1490. The number of aromatic hydroxyl groups is 5. The van der Waals surface area contributed by atoms with E-state index in [1.807, 2.05) is 0 Å². The molecule has 0 fully saturated rings. The maximum atomic E-state index is 12.5. The van der Waals surface area contributed by atoms with E-state index in [0.717, 1.165) is 30.3 Å². The molecule has 1 heterocycles. The monoisotopic (exact) mass is 538 g/mol. The van der Waals surface area contributed by atoms with Gasteiger partial charge in [0.25, 0.3) is 0 Å². The van der Waals surface area contributed by atoms with Crippen molar-refractivity contribution < 1.29 is 59.6 Å². The van der Waals surface area contributed by atoms with Crippen molar-refractivity contribution >= 4 is 24.0 Å². The molecule has 0 saturated heterocycles. The molecule has 3 atom stereocenters. The average molecular weight is 538 g/mol. The molecule has 3 aromatic rings. The minimum atomic E-state index is -1.64. The Morgan fingerprint density at radius 3 is 2.10 bits per heavy atom. The molecule has 202 valence electrons. The molecule has 39 heavy (non-hydrogen) atoms. The first-order valence-corrected chi connectivity index (χ1v) is 11.4. The highest BCUT2D eigenvalue weighted by molar-refractivity contribution is 5.91. The number of aliphatic carboxylic acids is 2. The Morgan fingerprint density at radius 2 is 1.49 bits per heavy atom. The molecule has 0 radical (unpaired) electrons. The van der Waals surface area contributed by atoms with Gasteiger partial charge >= 0.3 is 17.9 Å². The second-order valence-corrected chi connectivity index (χ2v) is 8.64. The third-order valence-electron chi connectivity index (χ3n) is 6.06. The van der Waals surface area contributed by atoms with Gasteiger partial charge in [-0.1, -0.05) is 18.2 Å². The summed E-state index contributed by atoms with van der Waals surface area (Å²) < 4.78 is 10.8. The van der Waals surface area contributed by atoms with Crippen LogP contribution < -0.4 is 4.74 Å². The van der Waals surface area contributed by atoms with Crippen LogP contribution in [0.4, 0.5) is 0 Å². The zero-order valence-electron chi connectivity index (χ0n) is 19.9. The smallest absolute Gasteiger partial charge is 0.345 e. The van der Waals surface area contributed by atoms with Gasteiger partial charge in [0, 0.05) is 18.1 Å². The number of esters is 1. The zero-order valence-corrected chi connectivity index (χ0v) is 19.9. The lowest BCUT2D eigenvalue weighted by atomic mass is 9.88. The number of ether oxygens (including phenoxy) is 2. The molecular formula is C27H22O12. The first-order chi connectivity index (χ1) is 18.5. The fourth-order valence-corrected chi connectivity index (χ4v) is 4.20. The molecule has 3 aromatic carbocycles. The minimum absolute atomic E-state index is 0.0264. The summed E-state index contributed by atoms with van der Waals surface area (Å²) in [6.07, 6.45) is -1.09. The van der Waals surface area contributed by atoms with Crippen LogP contribution in [0.25, 0.3) is 6.08 Å². The molecule has 0 aromatic heterocycles. The van der Waals surface area contributed by atoms with Crippen LogP contribution in [0.1, 0.15) is 34.3 Å². The Morgan fingerprint density at radius 1 is 0.846 bits per heavy atom. The van der Waals surface area contributed by atoms with Gasteiger partial charge in [0.05, 0.1) is 0 Å². The highest BCUT2D eigenvalue weighted by Crippen LogP contribution is 2.52. The molecule has 0 saturated carbocycles. The number of phenols is 5. The van der Waals surface area contributed by atoms with Gasteiger partial charge in [-0.15, -0.1) is 0 Å². The van der Waals surface area contributed by atoms with Crippen LogP contribution in [0.2, 0.25) is 0 Å². The molecule has 0 bridgehead atoms. The van der Waals surface area contributed by atoms with Crippen molar-refractivity contribution in [1.29, 1.82) is 0 Å². The van der Waals surface area contributed by atoms with Gasteiger partial charge in [-0.25, -0.2) is 9.59 Å². The lowest BCUT2D eigenvalue weighted by Gasteiger charge is -2.17. The van der Waals surface area contributed by atoms with Crippen molar-refractivity contribution in [2.45, 2.75) is 24.5 Å². The fraction of sp³-hybridized carbons (Fsp3) is 0.148. The average Bonchev–Trinajstić information content (AvgIpc) is 3.29. The number of hydrogen-bond acceptors (Lipinski definition) is 10. The van der Waals surface area contributed by atoms with Crippen LogP contribution in [-0.4, -0.2) is 59.8 Å². The van der Waals surface area contributed by atoms with Crippen LogP contribution >= 0.6 is 0 Å². The number of rotatable bonds is 8. The topological polar surface area (TPSA) is 211 Å². The summed E-state index contributed by atoms with van der Waals surface area (Å²) in [5.41, 5.74) is 0.664. The fourth-order valence-electron chi connectivity index (χ4n) is 4.20. The summed E-state index contributed by atoms with van der Waals surface area (Å²) in [6, 6.07) is 9.83. The molecule has 12 heteroatoms. The summed E-state index contributed by atoms with van der Waals surface area (Å²) >= 11 is 0. The summed E-state index contributed by atoms with van der Waals surface area (Å²) in [7, 11) is 0. The van der Waals surface area contributed by atoms with E-state index >= 15 is 0 Å². The highest BCUT2D eigenvalue weighted by atomic mass is 16.6. The first-order valence-electron chi connectivity index (χ1n) is 11.4. The van der Waals surface area contributed by atoms with E-state index in [4.69, 9.17) is 9.47 Å². The van der Waals surface area contributed by atoms with Crippen molar-refractivity contribution in [3.05, 3.63) is 76.9 Å². The van der Waals surface area contributed by atoms with E-state index in [0.29, 0.717) is 0 Å². The Hall–Kier alpha value is -5.39. The first kappa shape index (κ1) is 26.7. The van der Waals surface area contributed by atoms with E-state index < -0.39 is 59.0 Å². The number of benzene rings is 3. The van der Waals surface area contributed by atoms with Crippen molar-refractivity contribution in [2.24, 2.45) is 0 Å². The molecule has 0 aliphatic carbocycles. The molecular weight excluding hydrogens is 516 g/mol. The standard InChI is InChI=1S/C27H22O12/c28-15-5-1-12(9-18(15)31)10-20(26(34)35)38-21(33)8-4-13-2-7-17(30)25-22(13)23(27(36)37)24(39-25)14-3-6-16(29)19(32)11-14/h1-9,11,20,23-24,28-32H,10H2,(H,34,35)(H,36,37)/t20-,23+,24-/m1/s1. The molecule has 12 nitrogen and oxygen atoms in total. The zero-order chi connectivity index (χ0) is 28.4. The number of carboxylic acids is 2. The number of carboxylic acid groups (broad SMARTS) is 2. The van der Waals surface area contributed by atoms with Crippen molar-refractivity contribution in [2.75, 3.05) is 0 Å². The number of phenolic OH excluding ortho intramolecular Hbond substituents is 5. The van der Waals surface area contributed by atoms with E-state index in [9.17, 15) is 50.1 Å². The van der Waals surface area contributed by atoms with Crippen molar-refractivity contribution in [3.8, 4) is 34.5 Å². The van der Waals surface area contributed by atoms with Crippen LogP contribution in [0.5, 0.6) is 34.5 Å². The molecule has 1 aliphatic heterocycles. The van der Waals surface area contributed by atoms with Crippen LogP contribution in [0.15, 0.2) is 54.6 Å². The lowest BCUT2D eigenvalue weighted by molar-refractivity contribution is -0.160. The molecule has 7 N–H and O–H groups in total. The molecule has 1 aliphatic rings. The normalized spacial score (nSPS) is 16.8. The van der Waals surface area contributed by atoms with E-state index in [1.54, 1.807) is 0 Å². The van der Waals surface area contributed by atoms with Crippen LogP contribution in [-0.2, 0) is 25.5 Å². The quantitative estimate of drug-likeness (QED) is 0.125. The third-order valence-corrected chi connectivity index (χ3v) is 6.06. The summed E-state index contributed by atoms with van der Waals surface area (Å²) in [5, 5.41) is 68.2. The van der Waals surface area contributed by atoms with E-state index in [2.05, 4.69) is 0 Å². The number of fused-ring (bicyclic) bond motifs is 1. The van der Waals surface area contributed by atoms with Gasteiger partial charge < -0.3 is 45.2 Å². The van der Waals surface area contributed by atoms with Gasteiger partial charge in [0.2, 0.25) is 6.10 Å². The van der Waals surface area contributed by atoms with Gasteiger partial charge in [0.1, 0.15) is 12.0 Å². The predicted octanol–water partition coefficient (Wildman–Crippen LogP) is 2.77. The maximum absolute atomic E-state index is 12.5. The summed E-state index contributed by atoms with van der Waals surface area (Å²) in [6.45, 7) is 0. The number of carbonyl (C=O) groups is 3. The number of hydrogen-bond donors (Lipinski definition) is 7. The molecule has 0 spiro atoms. The van der Waals surface area contributed by atoms with Crippen LogP contribution in [0, 0.1) is 0 Å².